The van der Waals surface area contributed by atoms with Gasteiger partial charge in [0.15, 0.2) is 4.77 Å². The predicted octanol–water partition coefficient (Wildman–Crippen LogP) is 4.82. The highest BCUT2D eigenvalue weighted by molar-refractivity contribution is 14.1. The topological polar surface area (TPSA) is 20.7 Å². The molecule has 6 heteroatoms. The number of aromatic nitrogens is 2. The molecule has 0 spiro atoms. The van der Waals surface area contributed by atoms with E-state index in [0.29, 0.717) is 23.3 Å². The molecular formula is C15H11F2IN2S. The van der Waals surface area contributed by atoms with E-state index in [1.807, 2.05) is 22.8 Å². The minimum absolute atomic E-state index is 0.516. The molecule has 3 rings (SSSR count). The normalized spacial score (nSPS) is 11.2. The molecule has 0 radical (unpaired) electrons. The molecular weight excluding hydrogens is 405 g/mol. The van der Waals surface area contributed by atoms with Crippen molar-refractivity contribution in [1.29, 1.82) is 0 Å². The van der Waals surface area contributed by atoms with Crippen LogP contribution in [0.2, 0.25) is 0 Å². The fraction of sp³-hybridized carbons (Fsp3) is 0.133. The zero-order valence-corrected chi connectivity index (χ0v) is 13.8. The minimum Gasteiger partial charge on any atom is -0.331 e. The van der Waals surface area contributed by atoms with Crippen molar-refractivity contribution in [3.63, 3.8) is 0 Å². The van der Waals surface area contributed by atoms with E-state index in [1.165, 1.54) is 12.1 Å². The highest BCUT2D eigenvalue weighted by Gasteiger charge is 2.06. The van der Waals surface area contributed by atoms with E-state index >= 15 is 0 Å². The average Bonchev–Trinajstić information content (AvgIpc) is 2.70. The molecule has 1 aromatic heterocycles. The van der Waals surface area contributed by atoms with Crippen molar-refractivity contribution in [2.24, 2.45) is 0 Å². The lowest BCUT2D eigenvalue weighted by Gasteiger charge is -2.05. The number of nitrogens with one attached hydrogen (secondary N) is 1. The van der Waals surface area contributed by atoms with Crippen LogP contribution in [0.1, 0.15) is 5.56 Å². The molecule has 0 saturated heterocycles. The molecule has 0 aliphatic heterocycles. The van der Waals surface area contributed by atoms with Gasteiger partial charge in [0, 0.05) is 16.2 Å². The van der Waals surface area contributed by atoms with E-state index < -0.39 is 11.6 Å². The number of hydrogen-bond donors (Lipinski definition) is 1. The number of halogens is 3. The molecule has 1 N–H and O–H groups in total. The number of nitrogens with zero attached hydrogens (tertiary/aromatic N) is 1. The molecule has 108 valence electrons. The standard InChI is InChI=1S/C15H11F2IN2S/c16-10-5-9(6-11(17)7-10)3-4-20-14-2-1-12(18)8-13(14)19-15(20)21/h1-2,5-8H,3-4H2,(H,19,21). The minimum atomic E-state index is -0.554. The summed E-state index contributed by atoms with van der Waals surface area (Å²) in [5.74, 6) is -1.11. The molecule has 0 aliphatic rings. The molecule has 1 heterocycles. The Morgan fingerprint density at radius 3 is 2.52 bits per heavy atom. The fourth-order valence-corrected chi connectivity index (χ4v) is 3.14. The first-order valence-corrected chi connectivity index (χ1v) is 7.85. The van der Waals surface area contributed by atoms with E-state index in [1.54, 1.807) is 0 Å². The number of fused-ring (bicyclic) bond motifs is 1. The monoisotopic (exact) mass is 416 g/mol. The number of aryl methyl sites for hydroxylation is 2. The van der Waals surface area contributed by atoms with Crippen LogP contribution in [0.4, 0.5) is 8.78 Å². The molecule has 0 amide bonds. The molecule has 0 atom stereocenters. The van der Waals surface area contributed by atoms with Crippen molar-refractivity contribution in [2.45, 2.75) is 13.0 Å². The third-order valence-electron chi connectivity index (χ3n) is 3.28. The first-order valence-electron chi connectivity index (χ1n) is 6.36. The second-order valence-electron chi connectivity index (χ2n) is 4.77. The van der Waals surface area contributed by atoms with Crippen molar-refractivity contribution in [2.75, 3.05) is 0 Å². The summed E-state index contributed by atoms with van der Waals surface area (Å²) in [6.45, 7) is 0.572. The number of hydrogen-bond acceptors (Lipinski definition) is 1. The highest BCUT2D eigenvalue weighted by atomic mass is 127. The van der Waals surface area contributed by atoms with Gasteiger partial charge in [0.1, 0.15) is 11.6 Å². The maximum atomic E-state index is 13.2. The van der Waals surface area contributed by atoms with Gasteiger partial charge in [-0.3, -0.25) is 0 Å². The molecule has 2 nitrogen and oxygen atoms in total. The molecule has 0 aliphatic carbocycles. The van der Waals surface area contributed by atoms with Gasteiger partial charge in [0.25, 0.3) is 0 Å². The Labute approximate surface area is 138 Å². The van der Waals surface area contributed by atoms with Crippen molar-refractivity contribution in [1.82, 2.24) is 9.55 Å². The van der Waals surface area contributed by atoms with Crippen molar-refractivity contribution < 1.29 is 8.78 Å². The van der Waals surface area contributed by atoms with E-state index in [2.05, 4.69) is 27.6 Å². The molecule has 21 heavy (non-hydrogen) atoms. The van der Waals surface area contributed by atoms with Gasteiger partial charge in [-0.1, -0.05) is 0 Å². The van der Waals surface area contributed by atoms with E-state index in [0.717, 1.165) is 20.7 Å². The first-order chi connectivity index (χ1) is 10.0. The maximum absolute atomic E-state index is 13.2. The third kappa shape index (κ3) is 3.16. The van der Waals surface area contributed by atoms with Crippen LogP contribution in [0.25, 0.3) is 11.0 Å². The Balaban J connectivity index is 1.91. The highest BCUT2D eigenvalue weighted by Crippen LogP contribution is 2.18. The van der Waals surface area contributed by atoms with E-state index in [-0.39, 0.29) is 0 Å². The van der Waals surface area contributed by atoms with Gasteiger partial charge in [-0.15, -0.1) is 0 Å². The van der Waals surface area contributed by atoms with Gasteiger partial charge in [0.2, 0.25) is 0 Å². The summed E-state index contributed by atoms with van der Waals surface area (Å²) in [5.41, 5.74) is 2.59. The summed E-state index contributed by atoms with van der Waals surface area (Å²) in [7, 11) is 0. The first kappa shape index (κ1) is 14.6. The second kappa shape index (κ2) is 5.84. The number of rotatable bonds is 3. The van der Waals surface area contributed by atoms with Crippen LogP contribution in [-0.2, 0) is 13.0 Å². The Morgan fingerprint density at radius 2 is 1.81 bits per heavy atom. The van der Waals surface area contributed by atoms with Crippen LogP contribution >= 0.6 is 34.8 Å². The summed E-state index contributed by atoms with van der Waals surface area (Å²) in [6, 6.07) is 9.60. The van der Waals surface area contributed by atoms with Crippen LogP contribution in [-0.4, -0.2) is 9.55 Å². The van der Waals surface area contributed by atoms with Gasteiger partial charge < -0.3 is 9.55 Å². The Kier molecular flexibility index (Phi) is 4.08. The lowest BCUT2D eigenvalue weighted by molar-refractivity contribution is 0.577. The zero-order chi connectivity index (χ0) is 15.0. The van der Waals surface area contributed by atoms with Crippen molar-refractivity contribution in [3.05, 3.63) is 61.9 Å². The molecule has 3 aromatic rings. The molecule has 0 saturated carbocycles. The molecule has 0 unspecified atom stereocenters. The summed E-state index contributed by atoms with van der Waals surface area (Å²) >= 11 is 7.56. The van der Waals surface area contributed by atoms with Crippen LogP contribution in [0.5, 0.6) is 0 Å². The summed E-state index contributed by atoms with van der Waals surface area (Å²) in [6.07, 6.45) is 0.516. The average molecular weight is 416 g/mol. The predicted molar refractivity (Wildman–Crippen MR) is 89.9 cm³/mol. The van der Waals surface area contributed by atoms with Crippen molar-refractivity contribution in [3.8, 4) is 0 Å². The second-order valence-corrected chi connectivity index (χ2v) is 6.40. The summed E-state index contributed by atoms with van der Waals surface area (Å²) in [4.78, 5) is 3.15. The van der Waals surface area contributed by atoms with Gasteiger partial charge in [-0.25, -0.2) is 8.78 Å². The van der Waals surface area contributed by atoms with Crippen molar-refractivity contribution >= 4 is 45.8 Å². The Morgan fingerprint density at radius 1 is 1.10 bits per heavy atom. The lowest BCUT2D eigenvalue weighted by Crippen LogP contribution is -2.02. The number of imidazole rings is 1. The maximum Gasteiger partial charge on any atom is 0.178 e. The lowest BCUT2D eigenvalue weighted by atomic mass is 10.1. The Bertz CT molecular complexity index is 849. The third-order valence-corrected chi connectivity index (χ3v) is 4.28. The zero-order valence-electron chi connectivity index (χ0n) is 10.9. The van der Waals surface area contributed by atoms with Crippen LogP contribution in [0.3, 0.4) is 0 Å². The largest absolute Gasteiger partial charge is 0.331 e. The molecule has 0 bridgehead atoms. The van der Waals surface area contributed by atoms with Gasteiger partial charge in [-0.2, -0.15) is 0 Å². The van der Waals surface area contributed by atoms with Crippen LogP contribution < -0.4 is 0 Å². The van der Waals surface area contributed by atoms with Gasteiger partial charge >= 0.3 is 0 Å². The van der Waals surface area contributed by atoms with Crippen LogP contribution in [0.15, 0.2) is 36.4 Å². The van der Waals surface area contributed by atoms with E-state index in [4.69, 9.17) is 12.2 Å². The number of benzene rings is 2. The van der Waals surface area contributed by atoms with Gasteiger partial charge in [-0.05, 0) is 77.1 Å². The number of H-pyrrole nitrogens is 1. The summed E-state index contributed by atoms with van der Waals surface area (Å²) < 4.78 is 30.1. The SMILES string of the molecule is Fc1cc(F)cc(CCn2c(=S)[nH]c3cc(I)ccc32)c1. The smallest absolute Gasteiger partial charge is 0.178 e. The summed E-state index contributed by atoms with van der Waals surface area (Å²) in [5, 5.41) is 0. The number of aromatic amines is 1. The van der Waals surface area contributed by atoms with E-state index in [9.17, 15) is 8.78 Å². The van der Waals surface area contributed by atoms with Crippen LogP contribution in [0, 0.1) is 20.0 Å². The Hall–Kier alpha value is -1.28. The quantitative estimate of drug-likeness (QED) is 0.480. The molecule has 0 fully saturated rings. The molecule has 2 aromatic carbocycles. The fourth-order valence-electron chi connectivity index (χ4n) is 2.35. The van der Waals surface area contributed by atoms with Gasteiger partial charge in [0.05, 0.1) is 11.0 Å².